The molecule has 102 valence electrons. The molecule has 1 rings (SSSR count). The predicted octanol–water partition coefficient (Wildman–Crippen LogP) is 2.32. The average molecular weight is 263 g/mol. The van der Waals surface area contributed by atoms with Gasteiger partial charge >= 0.3 is 0 Å². The number of ketones is 2. The van der Waals surface area contributed by atoms with Crippen molar-refractivity contribution in [2.75, 3.05) is 20.6 Å². The van der Waals surface area contributed by atoms with Crippen molar-refractivity contribution < 1.29 is 14.0 Å². The summed E-state index contributed by atoms with van der Waals surface area (Å²) in [4.78, 5) is 25.4. The molecule has 19 heavy (non-hydrogen) atoms. The summed E-state index contributed by atoms with van der Waals surface area (Å²) in [5, 5.41) is 0. The third-order valence-corrected chi connectivity index (χ3v) is 2.65. The summed E-state index contributed by atoms with van der Waals surface area (Å²) < 4.78 is 12.8. The minimum atomic E-state index is -0.347. The lowest BCUT2D eigenvalue weighted by Crippen LogP contribution is -2.19. The van der Waals surface area contributed by atoms with Gasteiger partial charge in [-0.05, 0) is 44.8 Å². The van der Waals surface area contributed by atoms with Gasteiger partial charge in [0.2, 0.25) is 0 Å². The van der Waals surface area contributed by atoms with E-state index in [0.717, 1.165) is 0 Å². The van der Waals surface area contributed by atoms with Crippen molar-refractivity contribution >= 4 is 17.6 Å². The smallest absolute Gasteiger partial charge is 0.167 e. The summed E-state index contributed by atoms with van der Waals surface area (Å²) in [5.74, 6) is -0.806. The molecule has 0 N–H and O–H groups in total. The van der Waals surface area contributed by atoms with Crippen molar-refractivity contribution in [2.24, 2.45) is 0 Å². The zero-order valence-electron chi connectivity index (χ0n) is 11.4. The molecule has 0 saturated heterocycles. The topological polar surface area (TPSA) is 37.4 Å². The third-order valence-electron chi connectivity index (χ3n) is 2.65. The fraction of sp³-hybridized carbons (Fsp3) is 0.333. The summed E-state index contributed by atoms with van der Waals surface area (Å²) >= 11 is 0. The Morgan fingerprint density at radius 3 is 2.26 bits per heavy atom. The molecule has 4 heteroatoms. The van der Waals surface area contributed by atoms with Gasteiger partial charge in [0.25, 0.3) is 0 Å². The molecule has 0 unspecified atom stereocenters. The number of allylic oxidation sites excluding steroid dienone is 1. The van der Waals surface area contributed by atoms with Crippen LogP contribution in [0.5, 0.6) is 0 Å². The fourth-order valence-electron chi connectivity index (χ4n) is 1.56. The number of halogens is 1. The molecule has 0 bridgehead atoms. The third kappa shape index (κ3) is 5.14. The molecule has 0 amide bonds. The monoisotopic (exact) mass is 263 g/mol. The van der Waals surface area contributed by atoms with Crippen LogP contribution in [0.3, 0.4) is 0 Å². The van der Waals surface area contributed by atoms with Crippen LogP contribution in [0, 0.1) is 5.82 Å². The maximum absolute atomic E-state index is 12.8. The highest BCUT2D eigenvalue weighted by molar-refractivity contribution is 6.22. The maximum atomic E-state index is 12.8. The largest absolute Gasteiger partial charge is 0.309 e. The van der Waals surface area contributed by atoms with Crippen molar-refractivity contribution in [3.8, 4) is 0 Å². The fourth-order valence-corrected chi connectivity index (χ4v) is 1.56. The number of carbonyl (C=O) groups excluding carboxylic acids is 2. The van der Waals surface area contributed by atoms with E-state index in [1.807, 2.05) is 19.0 Å². The lowest BCUT2D eigenvalue weighted by molar-refractivity contribution is -0.120. The number of hydrogen-bond acceptors (Lipinski definition) is 3. The first kappa shape index (κ1) is 15.2. The van der Waals surface area contributed by atoms with Crippen molar-refractivity contribution in [1.29, 1.82) is 0 Å². The molecular formula is C15H18FNO2. The number of hydrogen-bond donors (Lipinski definition) is 0. The maximum Gasteiger partial charge on any atom is 0.167 e. The second kappa shape index (κ2) is 6.95. The molecule has 1 aromatic rings. The number of carbonyl (C=O) groups is 2. The van der Waals surface area contributed by atoms with Crippen LogP contribution in [-0.4, -0.2) is 37.1 Å². The Hall–Kier alpha value is -1.81. The first-order valence-corrected chi connectivity index (χ1v) is 6.06. The molecule has 0 aliphatic carbocycles. The van der Waals surface area contributed by atoms with E-state index in [-0.39, 0.29) is 23.0 Å². The standard InChI is InChI=1S/C15H18FNO2/c1-11(18)14(15(19)8-9-17(2)3)10-12-4-6-13(16)7-5-12/h4-7,10H,8-9H2,1-3H3. The first-order valence-electron chi connectivity index (χ1n) is 6.06. The van der Waals surface area contributed by atoms with Crippen LogP contribution in [0.1, 0.15) is 18.9 Å². The molecule has 0 heterocycles. The zero-order valence-corrected chi connectivity index (χ0v) is 11.4. The summed E-state index contributed by atoms with van der Waals surface area (Å²) in [6.07, 6.45) is 1.80. The van der Waals surface area contributed by atoms with E-state index in [0.29, 0.717) is 18.5 Å². The molecule has 1 aromatic carbocycles. The molecule has 0 spiro atoms. The van der Waals surface area contributed by atoms with Gasteiger partial charge in [-0.15, -0.1) is 0 Å². The van der Waals surface area contributed by atoms with Crippen molar-refractivity contribution in [2.45, 2.75) is 13.3 Å². The zero-order chi connectivity index (χ0) is 14.4. The van der Waals surface area contributed by atoms with Gasteiger partial charge in [-0.1, -0.05) is 12.1 Å². The van der Waals surface area contributed by atoms with E-state index in [9.17, 15) is 14.0 Å². The van der Waals surface area contributed by atoms with E-state index in [4.69, 9.17) is 0 Å². The van der Waals surface area contributed by atoms with Crippen molar-refractivity contribution in [3.63, 3.8) is 0 Å². The van der Waals surface area contributed by atoms with E-state index >= 15 is 0 Å². The van der Waals surface area contributed by atoms with Crippen LogP contribution >= 0.6 is 0 Å². The summed E-state index contributed by atoms with van der Waals surface area (Å²) in [6, 6.07) is 5.68. The van der Waals surface area contributed by atoms with Crippen LogP contribution in [0.25, 0.3) is 6.08 Å². The van der Waals surface area contributed by atoms with Crippen LogP contribution in [0.4, 0.5) is 4.39 Å². The van der Waals surface area contributed by atoms with Gasteiger partial charge in [0.15, 0.2) is 11.6 Å². The Balaban J connectivity index is 2.91. The first-order chi connectivity index (χ1) is 8.90. The SMILES string of the molecule is CC(=O)C(=Cc1ccc(F)cc1)C(=O)CCN(C)C. The van der Waals surface area contributed by atoms with Gasteiger partial charge in [-0.3, -0.25) is 9.59 Å². The van der Waals surface area contributed by atoms with E-state index in [1.165, 1.54) is 37.3 Å². The summed E-state index contributed by atoms with van der Waals surface area (Å²) in [5.41, 5.74) is 0.804. The summed E-state index contributed by atoms with van der Waals surface area (Å²) in [7, 11) is 3.73. The van der Waals surface area contributed by atoms with Crippen LogP contribution in [-0.2, 0) is 9.59 Å². The highest BCUT2D eigenvalue weighted by atomic mass is 19.1. The second-order valence-electron chi connectivity index (χ2n) is 4.64. The van der Waals surface area contributed by atoms with Gasteiger partial charge in [0.05, 0.1) is 5.57 Å². The van der Waals surface area contributed by atoms with Gasteiger partial charge in [0.1, 0.15) is 5.82 Å². The molecule has 0 aromatic heterocycles. The van der Waals surface area contributed by atoms with Gasteiger partial charge in [-0.2, -0.15) is 0 Å². The Morgan fingerprint density at radius 1 is 1.21 bits per heavy atom. The molecule has 0 atom stereocenters. The van der Waals surface area contributed by atoms with E-state index in [1.54, 1.807) is 0 Å². The van der Waals surface area contributed by atoms with Crippen molar-refractivity contribution in [3.05, 3.63) is 41.2 Å². The van der Waals surface area contributed by atoms with E-state index < -0.39 is 0 Å². The molecule has 0 aliphatic heterocycles. The quantitative estimate of drug-likeness (QED) is 0.449. The number of benzene rings is 1. The minimum absolute atomic E-state index is 0.161. The molecule has 0 fully saturated rings. The lowest BCUT2D eigenvalue weighted by Gasteiger charge is -2.09. The molecule has 0 saturated carbocycles. The normalized spacial score (nSPS) is 11.7. The number of Topliss-reactive ketones (excluding diaryl/α,β-unsaturated/α-hetero) is 2. The van der Waals surface area contributed by atoms with Gasteiger partial charge in [-0.25, -0.2) is 4.39 Å². The summed E-state index contributed by atoms with van der Waals surface area (Å²) in [6.45, 7) is 1.95. The van der Waals surface area contributed by atoms with Crippen LogP contribution in [0.15, 0.2) is 29.8 Å². The van der Waals surface area contributed by atoms with Crippen molar-refractivity contribution in [1.82, 2.24) is 4.90 Å². The highest BCUT2D eigenvalue weighted by Gasteiger charge is 2.14. The highest BCUT2D eigenvalue weighted by Crippen LogP contribution is 2.11. The minimum Gasteiger partial charge on any atom is -0.309 e. The number of rotatable bonds is 6. The second-order valence-corrected chi connectivity index (χ2v) is 4.64. The Labute approximate surface area is 112 Å². The lowest BCUT2D eigenvalue weighted by atomic mass is 10.0. The molecular weight excluding hydrogens is 245 g/mol. The van der Waals surface area contributed by atoms with Crippen LogP contribution < -0.4 is 0 Å². The molecule has 0 radical (unpaired) electrons. The van der Waals surface area contributed by atoms with Gasteiger partial charge < -0.3 is 4.90 Å². The Morgan fingerprint density at radius 2 is 1.79 bits per heavy atom. The van der Waals surface area contributed by atoms with E-state index in [2.05, 4.69) is 0 Å². The van der Waals surface area contributed by atoms with Crippen LogP contribution in [0.2, 0.25) is 0 Å². The Bertz CT molecular complexity index is 489. The van der Waals surface area contributed by atoms with Gasteiger partial charge in [0, 0.05) is 13.0 Å². The molecule has 0 aliphatic rings. The predicted molar refractivity (Wildman–Crippen MR) is 73.2 cm³/mol. The molecule has 3 nitrogen and oxygen atoms in total. The Kier molecular flexibility index (Phi) is 5.57. The number of nitrogens with zero attached hydrogens (tertiary/aromatic N) is 1. The average Bonchev–Trinajstić information content (AvgIpc) is 2.34.